The quantitative estimate of drug-likeness (QED) is 0.522. The van der Waals surface area contributed by atoms with Crippen LogP contribution in [0.4, 0.5) is 4.39 Å². The molecule has 1 nitrogen and oxygen atoms in total. The summed E-state index contributed by atoms with van der Waals surface area (Å²) in [5.74, 6) is 0.611. The van der Waals surface area contributed by atoms with Gasteiger partial charge in [0.05, 0.1) is 0 Å². The molecule has 0 aliphatic rings. The first-order chi connectivity index (χ1) is 8.16. The first kappa shape index (κ1) is 14.5. The molecule has 0 N–H and O–H groups in total. The predicted molar refractivity (Wildman–Crippen MR) is 72.0 cm³/mol. The van der Waals surface area contributed by atoms with Crippen molar-refractivity contribution >= 4 is 11.6 Å². The Kier molecular flexibility index (Phi) is 6.53. The van der Waals surface area contributed by atoms with Gasteiger partial charge in [0.2, 0.25) is 0 Å². The molecule has 0 saturated carbocycles. The maximum Gasteiger partial charge on any atom is 0.127 e. The van der Waals surface area contributed by atoms with E-state index in [0.717, 1.165) is 37.3 Å². The monoisotopic (exact) mass is 257 g/mol. The molecule has 1 unspecified atom stereocenters. The van der Waals surface area contributed by atoms with Gasteiger partial charge in [-0.1, -0.05) is 24.6 Å². The zero-order valence-electron chi connectivity index (χ0n) is 10.6. The van der Waals surface area contributed by atoms with E-state index >= 15 is 0 Å². The third kappa shape index (κ3) is 4.64. The van der Waals surface area contributed by atoms with E-state index in [4.69, 9.17) is 11.6 Å². The molecule has 0 bridgehead atoms. The number of hydrogen-bond donors (Lipinski definition) is 0. The SMILES string of the molecule is CC(c1ccccc1F)N(C)CCCCCCl. The molecule has 0 aromatic heterocycles. The second-order valence-corrected chi connectivity index (χ2v) is 4.81. The number of nitrogens with zero attached hydrogens (tertiary/aromatic N) is 1. The Bertz CT molecular complexity index is 330. The lowest BCUT2D eigenvalue weighted by atomic mass is 10.1. The van der Waals surface area contributed by atoms with Crippen LogP contribution in [0, 0.1) is 5.82 Å². The molecule has 1 aromatic rings. The lowest BCUT2D eigenvalue weighted by molar-refractivity contribution is 0.251. The predicted octanol–water partition coefficient (Wildman–Crippen LogP) is 4.23. The molecule has 0 spiro atoms. The molecule has 0 saturated heterocycles. The topological polar surface area (TPSA) is 3.24 Å². The summed E-state index contributed by atoms with van der Waals surface area (Å²) in [6.45, 7) is 3.02. The van der Waals surface area contributed by atoms with Crippen LogP contribution in [0.15, 0.2) is 24.3 Å². The normalized spacial score (nSPS) is 13.0. The standard InChI is InChI=1S/C14H21ClFN/c1-12(13-8-4-5-9-14(13)16)17(2)11-7-3-6-10-15/h4-5,8-9,12H,3,6-7,10-11H2,1-2H3. The molecule has 0 heterocycles. The summed E-state index contributed by atoms with van der Waals surface area (Å²) in [6.07, 6.45) is 3.31. The van der Waals surface area contributed by atoms with Crippen molar-refractivity contribution in [3.8, 4) is 0 Å². The Morgan fingerprint density at radius 2 is 1.94 bits per heavy atom. The highest BCUT2D eigenvalue weighted by Crippen LogP contribution is 2.21. The largest absolute Gasteiger partial charge is 0.300 e. The Morgan fingerprint density at radius 3 is 2.59 bits per heavy atom. The van der Waals surface area contributed by atoms with Gasteiger partial charge in [0.1, 0.15) is 5.82 Å². The van der Waals surface area contributed by atoms with Crippen molar-refractivity contribution in [2.24, 2.45) is 0 Å². The van der Waals surface area contributed by atoms with Crippen molar-refractivity contribution in [2.45, 2.75) is 32.2 Å². The van der Waals surface area contributed by atoms with Gasteiger partial charge in [0, 0.05) is 17.5 Å². The van der Waals surface area contributed by atoms with E-state index < -0.39 is 0 Å². The third-order valence-corrected chi connectivity index (χ3v) is 3.43. The van der Waals surface area contributed by atoms with Crippen LogP contribution >= 0.6 is 11.6 Å². The molecule has 17 heavy (non-hydrogen) atoms. The van der Waals surface area contributed by atoms with E-state index in [1.807, 2.05) is 26.1 Å². The summed E-state index contributed by atoms with van der Waals surface area (Å²) in [6, 6.07) is 7.11. The lowest BCUT2D eigenvalue weighted by Crippen LogP contribution is -2.24. The van der Waals surface area contributed by atoms with E-state index in [2.05, 4.69) is 4.90 Å². The highest BCUT2D eigenvalue weighted by molar-refractivity contribution is 6.17. The average molecular weight is 258 g/mol. The summed E-state index contributed by atoms with van der Waals surface area (Å²) in [7, 11) is 2.04. The Labute approximate surface area is 109 Å². The van der Waals surface area contributed by atoms with Crippen molar-refractivity contribution in [3.63, 3.8) is 0 Å². The summed E-state index contributed by atoms with van der Waals surface area (Å²) in [5, 5.41) is 0. The van der Waals surface area contributed by atoms with Crippen molar-refractivity contribution in [3.05, 3.63) is 35.6 Å². The minimum absolute atomic E-state index is 0.118. The molecule has 96 valence electrons. The molecule has 0 amide bonds. The van der Waals surface area contributed by atoms with Crippen molar-refractivity contribution in [1.29, 1.82) is 0 Å². The minimum atomic E-state index is -0.118. The first-order valence-corrected chi connectivity index (χ1v) is 6.71. The summed E-state index contributed by atoms with van der Waals surface area (Å²) >= 11 is 5.63. The van der Waals surface area contributed by atoms with E-state index in [-0.39, 0.29) is 11.9 Å². The maximum atomic E-state index is 13.6. The molecule has 0 radical (unpaired) electrons. The van der Waals surface area contributed by atoms with E-state index in [0.29, 0.717) is 0 Å². The number of hydrogen-bond acceptors (Lipinski definition) is 1. The fraction of sp³-hybridized carbons (Fsp3) is 0.571. The minimum Gasteiger partial charge on any atom is -0.300 e. The van der Waals surface area contributed by atoms with Crippen molar-refractivity contribution < 1.29 is 4.39 Å². The van der Waals surface area contributed by atoms with Crippen LogP contribution in [0.1, 0.15) is 37.8 Å². The average Bonchev–Trinajstić information content (AvgIpc) is 2.34. The van der Waals surface area contributed by atoms with Crippen LogP contribution in [0.5, 0.6) is 0 Å². The number of unbranched alkanes of at least 4 members (excludes halogenated alkanes) is 2. The van der Waals surface area contributed by atoms with Crippen molar-refractivity contribution in [2.75, 3.05) is 19.5 Å². The van der Waals surface area contributed by atoms with Crippen LogP contribution in [0.25, 0.3) is 0 Å². The summed E-state index contributed by atoms with van der Waals surface area (Å²) in [4.78, 5) is 2.19. The molecule has 0 aliphatic carbocycles. The van der Waals surface area contributed by atoms with Crippen LogP contribution in [0.3, 0.4) is 0 Å². The lowest BCUT2D eigenvalue weighted by Gasteiger charge is -2.25. The van der Waals surface area contributed by atoms with E-state index in [1.165, 1.54) is 6.07 Å². The van der Waals surface area contributed by atoms with Gasteiger partial charge in [-0.05, 0) is 39.4 Å². The van der Waals surface area contributed by atoms with Crippen molar-refractivity contribution in [1.82, 2.24) is 4.90 Å². The second kappa shape index (κ2) is 7.67. The van der Waals surface area contributed by atoms with Gasteiger partial charge < -0.3 is 0 Å². The number of benzene rings is 1. The van der Waals surface area contributed by atoms with Gasteiger partial charge in [-0.15, -0.1) is 11.6 Å². The zero-order chi connectivity index (χ0) is 12.7. The van der Waals surface area contributed by atoms with Crippen LogP contribution in [-0.2, 0) is 0 Å². The van der Waals surface area contributed by atoms with E-state index in [9.17, 15) is 4.39 Å². The van der Waals surface area contributed by atoms with Gasteiger partial charge in [-0.2, -0.15) is 0 Å². The Hall–Kier alpha value is -0.600. The molecular formula is C14H21ClFN. The molecule has 0 aliphatic heterocycles. The number of halogens is 2. The molecule has 1 atom stereocenters. The maximum absolute atomic E-state index is 13.6. The molecule has 3 heteroatoms. The Morgan fingerprint density at radius 1 is 1.24 bits per heavy atom. The second-order valence-electron chi connectivity index (χ2n) is 4.43. The molecule has 1 aromatic carbocycles. The fourth-order valence-corrected chi connectivity index (χ4v) is 2.07. The third-order valence-electron chi connectivity index (χ3n) is 3.16. The zero-order valence-corrected chi connectivity index (χ0v) is 11.4. The van der Waals surface area contributed by atoms with Gasteiger partial charge in [0.15, 0.2) is 0 Å². The smallest absolute Gasteiger partial charge is 0.127 e. The van der Waals surface area contributed by atoms with E-state index in [1.54, 1.807) is 6.07 Å². The van der Waals surface area contributed by atoms with Gasteiger partial charge in [0.25, 0.3) is 0 Å². The van der Waals surface area contributed by atoms with Crippen LogP contribution in [0.2, 0.25) is 0 Å². The molecule has 0 fully saturated rings. The Balaban J connectivity index is 2.46. The van der Waals surface area contributed by atoms with Crippen LogP contribution in [-0.4, -0.2) is 24.4 Å². The summed E-state index contributed by atoms with van der Waals surface area (Å²) < 4.78 is 13.6. The van der Waals surface area contributed by atoms with Gasteiger partial charge in [-0.3, -0.25) is 4.90 Å². The van der Waals surface area contributed by atoms with Crippen LogP contribution < -0.4 is 0 Å². The van der Waals surface area contributed by atoms with Gasteiger partial charge >= 0.3 is 0 Å². The highest BCUT2D eigenvalue weighted by Gasteiger charge is 2.14. The van der Waals surface area contributed by atoms with Gasteiger partial charge in [-0.25, -0.2) is 4.39 Å². The number of rotatable bonds is 7. The molecular weight excluding hydrogens is 237 g/mol. The molecule has 1 rings (SSSR count). The first-order valence-electron chi connectivity index (χ1n) is 6.17. The fourth-order valence-electron chi connectivity index (χ4n) is 1.88. The summed E-state index contributed by atoms with van der Waals surface area (Å²) in [5.41, 5.74) is 0.771. The number of alkyl halides is 1. The highest BCUT2D eigenvalue weighted by atomic mass is 35.5.